The summed E-state index contributed by atoms with van der Waals surface area (Å²) in [6, 6.07) is 0. The van der Waals surface area contributed by atoms with Crippen LogP contribution in [0.2, 0.25) is 0 Å². The van der Waals surface area contributed by atoms with Crippen LogP contribution in [0.25, 0.3) is 0 Å². The molecule has 0 saturated heterocycles. The van der Waals surface area contributed by atoms with Gasteiger partial charge in [-0.3, -0.25) is 4.90 Å². The van der Waals surface area contributed by atoms with E-state index in [1.54, 1.807) is 7.11 Å². The zero-order chi connectivity index (χ0) is 10.3. The van der Waals surface area contributed by atoms with Crippen LogP contribution in [0, 0.1) is 0 Å². The van der Waals surface area contributed by atoms with Crippen molar-refractivity contribution in [3.63, 3.8) is 0 Å². The molecule has 0 aromatic rings. The maximum Gasteiger partial charge on any atom is 0.0749 e. The summed E-state index contributed by atoms with van der Waals surface area (Å²) in [7, 11) is 1.74. The lowest BCUT2D eigenvalue weighted by atomic mass is 10.1. The van der Waals surface area contributed by atoms with E-state index in [9.17, 15) is 0 Å². The van der Waals surface area contributed by atoms with Crippen LogP contribution in [-0.2, 0) is 4.74 Å². The van der Waals surface area contributed by atoms with Gasteiger partial charge in [-0.05, 0) is 13.8 Å². The molecule has 0 bridgehead atoms. The molecule has 0 radical (unpaired) electrons. The van der Waals surface area contributed by atoms with Crippen molar-refractivity contribution in [1.29, 1.82) is 0 Å². The second-order valence-corrected chi connectivity index (χ2v) is 3.74. The van der Waals surface area contributed by atoms with E-state index in [-0.39, 0.29) is 5.60 Å². The van der Waals surface area contributed by atoms with Crippen LogP contribution in [0.3, 0.4) is 0 Å². The molecule has 0 unspecified atom stereocenters. The van der Waals surface area contributed by atoms with Crippen LogP contribution >= 0.6 is 0 Å². The molecule has 2 nitrogen and oxygen atoms in total. The van der Waals surface area contributed by atoms with Crippen molar-refractivity contribution in [2.75, 3.05) is 26.7 Å². The van der Waals surface area contributed by atoms with Crippen molar-refractivity contribution in [3.8, 4) is 0 Å². The molecule has 0 amide bonds. The van der Waals surface area contributed by atoms with Gasteiger partial charge in [-0.25, -0.2) is 0 Å². The van der Waals surface area contributed by atoms with Gasteiger partial charge in [0.05, 0.1) is 5.60 Å². The third kappa shape index (κ3) is 5.61. The fourth-order valence-corrected chi connectivity index (χ4v) is 1.17. The number of rotatable bonds is 7. The second-order valence-electron chi connectivity index (χ2n) is 3.74. The minimum atomic E-state index is -0.105. The largest absolute Gasteiger partial charge is 0.377 e. The second kappa shape index (κ2) is 5.95. The van der Waals surface area contributed by atoms with Gasteiger partial charge in [0.2, 0.25) is 0 Å². The summed E-state index contributed by atoms with van der Waals surface area (Å²) in [4.78, 5) is 2.24. The molecular formula is C11H21NO. The SMILES string of the molecule is C=CCN(CC=C)CC(C)(C)OC. The summed E-state index contributed by atoms with van der Waals surface area (Å²) in [5.74, 6) is 0. The van der Waals surface area contributed by atoms with E-state index in [1.165, 1.54) is 0 Å². The normalized spacial score (nSPS) is 11.7. The van der Waals surface area contributed by atoms with Gasteiger partial charge in [-0.2, -0.15) is 0 Å². The number of nitrogens with zero attached hydrogens (tertiary/aromatic N) is 1. The molecule has 0 aromatic heterocycles. The minimum Gasteiger partial charge on any atom is -0.377 e. The fraction of sp³-hybridized carbons (Fsp3) is 0.636. The van der Waals surface area contributed by atoms with E-state index in [4.69, 9.17) is 4.74 Å². The average Bonchev–Trinajstić information content (AvgIpc) is 2.05. The molecular weight excluding hydrogens is 162 g/mol. The number of ether oxygens (including phenoxy) is 1. The molecule has 0 aliphatic rings. The Balaban J connectivity index is 4.06. The highest BCUT2D eigenvalue weighted by atomic mass is 16.5. The smallest absolute Gasteiger partial charge is 0.0749 e. The monoisotopic (exact) mass is 183 g/mol. The van der Waals surface area contributed by atoms with Crippen molar-refractivity contribution in [1.82, 2.24) is 4.90 Å². The van der Waals surface area contributed by atoms with Crippen LogP contribution in [0.4, 0.5) is 0 Å². The van der Waals surface area contributed by atoms with Gasteiger partial charge in [0.1, 0.15) is 0 Å². The lowest BCUT2D eigenvalue weighted by Crippen LogP contribution is -2.40. The van der Waals surface area contributed by atoms with Crippen LogP contribution in [0.1, 0.15) is 13.8 Å². The van der Waals surface area contributed by atoms with Gasteiger partial charge in [-0.15, -0.1) is 13.2 Å². The predicted octanol–water partition coefficient (Wildman–Crippen LogP) is 2.09. The van der Waals surface area contributed by atoms with Crippen molar-refractivity contribution in [3.05, 3.63) is 25.3 Å². The lowest BCUT2D eigenvalue weighted by molar-refractivity contribution is -0.00270. The fourth-order valence-electron chi connectivity index (χ4n) is 1.17. The molecule has 0 aliphatic heterocycles. The molecule has 0 N–H and O–H groups in total. The van der Waals surface area contributed by atoms with E-state index in [0.29, 0.717) is 0 Å². The molecule has 2 heteroatoms. The van der Waals surface area contributed by atoms with Gasteiger partial charge in [0.15, 0.2) is 0 Å². The Labute approximate surface area is 81.9 Å². The van der Waals surface area contributed by atoms with E-state index < -0.39 is 0 Å². The summed E-state index contributed by atoms with van der Waals surface area (Å²) in [6.07, 6.45) is 3.80. The molecule has 0 spiro atoms. The van der Waals surface area contributed by atoms with Crippen LogP contribution in [0.5, 0.6) is 0 Å². The Bertz CT molecular complexity index is 153. The maximum absolute atomic E-state index is 5.35. The van der Waals surface area contributed by atoms with Crippen molar-refractivity contribution in [2.24, 2.45) is 0 Å². The molecule has 0 heterocycles. The Morgan fingerprint density at radius 2 is 1.69 bits per heavy atom. The van der Waals surface area contributed by atoms with Crippen molar-refractivity contribution in [2.45, 2.75) is 19.4 Å². The Kier molecular flexibility index (Phi) is 5.67. The highest BCUT2D eigenvalue weighted by molar-refractivity contribution is 4.84. The van der Waals surface area contributed by atoms with Crippen LogP contribution in [-0.4, -0.2) is 37.2 Å². The summed E-state index contributed by atoms with van der Waals surface area (Å²) < 4.78 is 5.35. The van der Waals surface area contributed by atoms with Crippen molar-refractivity contribution >= 4 is 0 Å². The van der Waals surface area contributed by atoms with E-state index >= 15 is 0 Å². The van der Waals surface area contributed by atoms with Crippen molar-refractivity contribution < 1.29 is 4.74 Å². The molecule has 0 aromatic carbocycles. The highest BCUT2D eigenvalue weighted by Gasteiger charge is 2.19. The number of methoxy groups -OCH3 is 1. The number of hydrogen-bond donors (Lipinski definition) is 0. The van der Waals surface area contributed by atoms with Gasteiger partial charge in [0, 0.05) is 26.7 Å². The van der Waals surface area contributed by atoms with E-state index in [0.717, 1.165) is 19.6 Å². The van der Waals surface area contributed by atoms with Gasteiger partial charge in [0.25, 0.3) is 0 Å². The third-order valence-electron chi connectivity index (χ3n) is 1.93. The van der Waals surface area contributed by atoms with Gasteiger partial charge < -0.3 is 4.74 Å². The molecule has 0 rings (SSSR count). The number of hydrogen-bond acceptors (Lipinski definition) is 2. The summed E-state index contributed by atoms with van der Waals surface area (Å²) >= 11 is 0. The lowest BCUT2D eigenvalue weighted by Gasteiger charge is -2.30. The molecule has 0 atom stereocenters. The third-order valence-corrected chi connectivity index (χ3v) is 1.93. The predicted molar refractivity (Wildman–Crippen MR) is 57.9 cm³/mol. The quantitative estimate of drug-likeness (QED) is 0.560. The Hall–Kier alpha value is -0.600. The Morgan fingerprint density at radius 3 is 2.00 bits per heavy atom. The molecule has 0 saturated carbocycles. The zero-order valence-corrected chi connectivity index (χ0v) is 9.05. The first-order valence-electron chi connectivity index (χ1n) is 4.55. The standard InChI is InChI=1S/C11H21NO/c1-6-8-12(9-7-2)10-11(3,4)13-5/h6-7H,1-2,8-10H2,3-5H3. The minimum absolute atomic E-state index is 0.105. The highest BCUT2D eigenvalue weighted by Crippen LogP contribution is 2.09. The first kappa shape index (κ1) is 12.4. The first-order valence-corrected chi connectivity index (χ1v) is 4.55. The van der Waals surface area contributed by atoms with E-state index in [2.05, 4.69) is 31.9 Å². The average molecular weight is 183 g/mol. The topological polar surface area (TPSA) is 12.5 Å². The summed E-state index contributed by atoms with van der Waals surface area (Å²) in [6.45, 7) is 14.2. The van der Waals surface area contributed by atoms with E-state index in [1.807, 2.05) is 12.2 Å². The zero-order valence-electron chi connectivity index (χ0n) is 9.05. The summed E-state index contributed by atoms with van der Waals surface area (Å²) in [5, 5.41) is 0. The molecule has 0 fully saturated rings. The molecule has 13 heavy (non-hydrogen) atoms. The maximum atomic E-state index is 5.35. The molecule has 0 aliphatic carbocycles. The molecule has 76 valence electrons. The van der Waals surface area contributed by atoms with Gasteiger partial charge >= 0.3 is 0 Å². The van der Waals surface area contributed by atoms with Gasteiger partial charge in [-0.1, -0.05) is 12.2 Å². The summed E-state index contributed by atoms with van der Waals surface area (Å²) in [5.41, 5.74) is -0.105. The first-order chi connectivity index (χ1) is 6.05. The van der Waals surface area contributed by atoms with Crippen LogP contribution in [0.15, 0.2) is 25.3 Å². The Morgan fingerprint density at radius 1 is 1.23 bits per heavy atom. The van der Waals surface area contributed by atoms with Crippen LogP contribution < -0.4 is 0 Å².